The number of hydrogen-bond acceptors (Lipinski definition) is 6. The van der Waals surface area contributed by atoms with Crippen molar-refractivity contribution in [1.29, 1.82) is 0 Å². The molecule has 0 unspecified atom stereocenters. The molecule has 9 heteroatoms. The molecule has 2 aliphatic rings. The zero-order valence-corrected chi connectivity index (χ0v) is 21.5. The standard InChI is InChI=1S/C26H34ClN7O/c1-18-10-12-33(15-19-8-6-5-7-9-19)17-23(18)32(4)25(29-3)20-11-13-34(16-21(20)28-2)22-14-30-31-26(35)24(22)27/h5-9,14,18,23H,2,10-13,15-17H2,1,3-4H3,(H,31,35)/b29-25+/t18-,23+/m0/s1. The molecule has 1 aromatic carbocycles. The summed E-state index contributed by atoms with van der Waals surface area (Å²) in [7, 11) is 3.99. The van der Waals surface area contributed by atoms with E-state index in [1.165, 1.54) is 5.56 Å². The van der Waals surface area contributed by atoms with Crippen LogP contribution >= 0.6 is 11.6 Å². The Hall–Kier alpha value is -2.97. The summed E-state index contributed by atoms with van der Waals surface area (Å²) in [6, 6.07) is 11.0. The monoisotopic (exact) mass is 495 g/mol. The molecule has 0 aliphatic carbocycles. The molecule has 35 heavy (non-hydrogen) atoms. The van der Waals surface area contributed by atoms with Crippen LogP contribution in [0.3, 0.4) is 0 Å². The highest BCUT2D eigenvalue weighted by atomic mass is 35.5. The van der Waals surface area contributed by atoms with Crippen LogP contribution in [0.15, 0.2) is 62.6 Å². The molecule has 8 nitrogen and oxygen atoms in total. The number of aromatic amines is 1. The predicted octanol–water partition coefficient (Wildman–Crippen LogP) is 3.46. The molecule has 1 saturated heterocycles. The summed E-state index contributed by atoms with van der Waals surface area (Å²) in [4.78, 5) is 27.9. The topological polar surface area (TPSA) is 80.2 Å². The van der Waals surface area contributed by atoms with Crippen molar-refractivity contribution in [1.82, 2.24) is 20.0 Å². The van der Waals surface area contributed by atoms with Crippen LogP contribution in [0.4, 0.5) is 5.69 Å². The van der Waals surface area contributed by atoms with Crippen molar-refractivity contribution in [2.45, 2.75) is 32.4 Å². The van der Waals surface area contributed by atoms with Crippen molar-refractivity contribution in [3.63, 3.8) is 0 Å². The number of piperidine rings is 1. The number of nitrogens with zero attached hydrogens (tertiary/aromatic N) is 6. The largest absolute Gasteiger partial charge is 0.363 e. The number of nitrogens with one attached hydrogen (secondary N) is 1. The average molecular weight is 496 g/mol. The van der Waals surface area contributed by atoms with Gasteiger partial charge in [-0.05, 0) is 37.6 Å². The molecule has 0 bridgehead atoms. The van der Waals surface area contributed by atoms with Gasteiger partial charge in [-0.3, -0.25) is 19.7 Å². The van der Waals surface area contributed by atoms with Crippen molar-refractivity contribution < 1.29 is 0 Å². The number of anilines is 1. The van der Waals surface area contributed by atoms with Crippen LogP contribution in [0.25, 0.3) is 0 Å². The van der Waals surface area contributed by atoms with E-state index in [2.05, 4.69) is 76.0 Å². The van der Waals surface area contributed by atoms with Crippen molar-refractivity contribution in [2.75, 3.05) is 45.2 Å². The van der Waals surface area contributed by atoms with Gasteiger partial charge in [0.2, 0.25) is 0 Å². The average Bonchev–Trinajstić information content (AvgIpc) is 2.88. The minimum Gasteiger partial charge on any atom is -0.363 e. The van der Waals surface area contributed by atoms with E-state index in [4.69, 9.17) is 16.6 Å². The van der Waals surface area contributed by atoms with Crippen molar-refractivity contribution >= 4 is 29.8 Å². The number of aliphatic imine (C=N–C) groups is 2. The van der Waals surface area contributed by atoms with Crippen LogP contribution in [0, 0.1) is 5.92 Å². The van der Waals surface area contributed by atoms with E-state index in [-0.39, 0.29) is 5.02 Å². The fourth-order valence-electron chi connectivity index (χ4n) is 5.20. The maximum absolute atomic E-state index is 11.9. The molecule has 1 aromatic heterocycles. The molecule has 2 atom stereocenters. The summed E-state index contributed by atoms with van der Waals surface area (Å²) >= 11 is 6.26. The van der Waals surface area contributed by atoms with E-state index in [0.29, 0.717) is 30.7 Å². The van der Waals surface area contributed by atoms with E-state index in [1.54, 1.807) is 6.20 Å². The number of H-pyrrole nitrogens is 1. The number of hydrogen-bond donors (Lipinski definition) is 1. The molecule has 2 aliphatic heterocycles. The van der Waals surface area contributed by atoms with E-state index in [9.17, 15) is 4.79 Å². The maximum atomic E-state index is 11.9. The van der Waals surface area contributed by atoms with Gasteiger partial charge in [-0.1, -0.05) is 48.9 Å². The number of likely N-dealkylation sites (N-methyl/N-ethyl adjacent to an activating group) is 1. The summed E-state index contributed by atoms with van der Waals surface area (Å²) in [6.45, 7) is 10.4. The third-order valence-electron chi connectivity index (χ3n) is 7.19. The zero-order chi connectivity index (χ0) is 24.9. The van der Waals surface area contributed by atoms with Crippen molar-refractivity contribution in [3.05, 3.63) is 68.7 Å². The quantitative estimate of drug-likeness (QED) is 0.490. The van der Waals surface area contributed by atoms with Gasteiger partial charge in [-0.2, -0.15) is 5.10 Å². The molecular formula is C26H34ClN7O. The summed E-state index contributed by atoms with van der Waals surface area (Å²) in [5, 5.41) is 6.43. The third kappa shape index (κ3) is 5.49. The first-order chi connectivity index (χ1) is 16.9. The molecule has 3 heterocycles. The highest BCUT2D eigenvalue weighted by Gasteiger charge is 2.33. The highest BCUT2D eigenvalue weighted by Crippen LogP contribution is 2.30. The first-order valence-electron chi connectivity index (χ1n) is 12.1. The van der Waals surface area contributed by atoms with E-state index < -0.39 is 5.56 Å². The van der Waals surface area contributed by atoms with Crippen LogP contribution in [-0.4, -0.2) is 78.9 Å². The molecule has 0 radical (unpaired) electrons. The van der Waals surface area contributed by atoms with Crippen molar-refractivity contribution in [2.24, 2.45) is 15.9 Å². The summed E-state index contributed by atoms with van der Waals surface area (Å²) in [5.41, 5.74) is 3.51. The Morgan fingerprint density at radius 2 is 2.09 bits per heavy atom. The molecule has 0 saturated carbocycles. The van der Waals surface area contributed by atoms with E-state index >= 15 is 0 Å². The summed E-state index contributed by atoms with van der Waals surface area (Å²) in [6.07, 6.45) is 3.46. The first kappa shape index (κ1) is 25.1. The molecule has 0 spiro atoms. The first-order valence-corrected chi connectivity index (χ1v) is 12.4. The lowest BCUT2D eigenvalue weighted by Crippen LogP contribution is -2.53. The smallest absolute Gasteiger partial charge is 0.285 e. The van der Waals surface area contributed by atoms with Gasteiger partial charge >= 0.3 is 0 Å². The van der Waals surface area contributed by atoms with Crippen LogP contribution in [0.5, 0.6) is 0 Å². The van der Waals surface area contributed by atoms with Crippen LogP contribution in [0.1, 0.15) is 25.3 Å². The fourth-order valence-corrected chi connectivity index (χ4v) is 5.41. The van der Waals surface area contributed by atoms with Gasteiger partial charge in [0.25, 0.3) is 5.56 Å². The lowest BCUT2D eigenvalue weighted by atomic mass is 9.91. The van der Waals surface area contributed by atoms with Gasteiger partial charge in [-0.25, -0.2) is 5.10 Å². The zero-order valence-electron chi connectivity index (χ0n) is 20.7. The normalized spacial score (nSPS) is 21.8. The molecule has 0 amide bonds. The lowest BCUT2D eigenvalue weighted by molar-refractivity contribution is 0.105. The molecule has 4 rings (SSSR count). The second kappa shape index (κ2) is 11.2. The number of likely N-dealkylation sites (tertiary alicyclic amines) is 1. The summed E-state index contributed by atoms with van der Waals surface area (Å²) in [5.74, 6) is 1.51. The SMILES string of the molecule is C=NC1=C(/C(=N\C)N(C)[C@@H]2CN(Cc3ccccc3)CC[C@@H]2C)CCN(c2cn[nH]c(=O)c2Cl)C1. The van der Waals surface area contributed by atoms with E-state index in [0.717, 1.165) is 49.6 Å². The number of aromatic nitrogens is 2. The van der Waals surface area contributed by atoms with Gasteiger partial charge in [0.15, 0.2) is 0 Å². The van der Waals surface area contributed by atoms with E-state index in [1.807, 2.05) is 11.9 Å². The highest BCUT2D eigenvalue weighted by molar-refractivity contribution is 6.33. The summed E-state index contributed by atoms with van der Waals surface area (Å²) < 4.78 is 0. The predicted molar refractivity (Wildman–Crippen MR) is 144 cm³/mol. The molecule has 2 aromatic rings. The number of benzene rings is 1. The lowest BCUT2D eigenvalue weighted by Gasteiger charge is -2.44. The minimum atomic E-state index is -0.394. The molecule has 1 fully saturated rings. The Morgan fingerprint density at radius 1 is 1.31 bits per heavy atom. The Labute approximate surface area is 212 Å². The van der Waals surface area contributed by atoms with Crippen molar-refractivity contribution in [3.8, 4) is 0 Å². The van der Waals surface area contributed by atoms with Gasteiger partial charge in [0.05, 0.1) is 24.1 Å². The molecule has 186 valence electrons. The minimum absolute atomic E-state index is 0.142. The Bertz CT molecular complexity index is 1160. The van der Waals surface area contributed by atoms with Crippen LogP contribution < -0.4 is 10.5 Å². The third-order valence-corrected chi connectivity index (χ3v) is 7.56. The number of rotatable bonds is 6. The Balaban J connectivity index is 1.53. The van der Waals surface area contributed by atoms with Crippen LogP contribution in [0.2, 0.25) is 5.02 Å². The molecular weight excluding hydrogens is 462 g/mol. The Morgan fingerprint density at radius 3 is 2.80 bits per heavy atom. The Kier molecular flexibility index (Phi) is 8.03. The van der Waals surface area contributed by atoms with Crippen LogP contribution in [-0.2, 0) is 6.54 Å². The number of amidine groups is 1. The molecule has 1 N–H and O–H groups in total. The maximum Gasteiger partial charge on any atom is 0.285 e. The second-order valence-electron chi connectivity index (χ2n) is 9.37. The fraction of sp³-hybridized carbons (Fsp3) is 0.462. The van der Waals surface area contributed by atoms with Gasteiger partial charge < -0.3 is 9.80 Å². The van der Waals surface area contributed by atoms with Gasteiger partial charge in [0, 0.05) is 45.3 Å². The number of halogens is 1. The van der Waals surface area contributed by atoms with Gasteiger partial charge in [0.1, 0.15) is 10.9 Å². The second-order valence-corrected chi connectivity index (χ2v) is 9.74. The van der Waals surface area contributed by atoms with Gasteiger partial charge in [-0.15, -0.1) is 0 Å².